The zero-order chi connectivity index (χ0) is 10.2. The normalized spacial score (nSPS) is 21.8. The third-order valence-electron chi connectivity index (χ3n) is 2.12. The fraction of sp³-hybridized carbons (Fsp3) is 0.875. The number of alkyl halides is 3. The van der Waals surface area contributed by atoms with E-state index in [-0.39, 0.29) is 18.9 Å². The molecule has 13 heavy (non-hydrogen) atoms. The van der Waals surface area contributed by atoms with Crippen LogP contribution in [-0.2, 0) is 4.79 Å². The lowest BCUT2D eigenvalue weighted by Gasteiger charge is -2.39. The zero-order valence-corrected chi connectivity index (χ0v) is 7.56. The molecule has 1 aliphatic heterocycles. The molecule has 0 spiro atoms. The Morgan fingerprint density at radius 3 is 2.00 bits per heavy atom. The quantitative estimate of drug-likeness (QED) is 0.664. The summed E-state index contributed by atoms with van der Waals surface area (Å²) in [6.07, 6.45) is -4.23. The van der Waals surface area contributed by atoms with Gasteiger partial charge in [-0.2, -0.15) is 13.2 Å². The number of carbonyl (C=O) groups is 1. The van der Waals surface area contributed by atoms with Gasteiger partial charge in [0.05, 0.1) is 13.1 Å². The van der Waals surface area contributed by atoms with Gasteiger partial charge in [-0.25, -0.2) is 0 Å². The van der Waals surface area contributed by atoms with E-state index in [4.69, 9.17) is 0 Å². The Hall–Kier alpha value is -0.580. The molecule has 0 aromatic heterocycles. The van der Waals surface area contributed by atoms with Gasteiger partial charge in [0.2, 0.25) is 0 Å². The highest BCUT2D eigenvalue weighted by atomic mass is 19.4. The van der Waals surface area contributed by atoms with E-state index < -0.39 is 18.1 Å². The minimum Gasteiger partial charge on any atom is -0.297 e. The van der Waals surface area contributed by atoms with E-state index in [1.54, 1.807) is 0 Å². The first kappa shape index (κ1) is 10.5. The predicted octanol–water partition coefficient (Wildman–Crippen LogP) is 1.46. The summed E-state index contributed by atoms with van der Waals surface area (Å²) in [7, 11) is 0. The van der Waals surface area contributed by atoms with Crippen molar-refractivity contribution in [1.29, 1.82) is 0 Å². The lowest BCUT2D eigenvalue weighted by Crippen LogP contribution is -2.59. The Bertz CT molecular complexity index is 204. The van der Waals surface area contributed by atoms with Crippen LogP contribution in [0.25, 0.3) is 0 Å². The van der Waals surface area contributed by atoms with Gasteiger partial charge >= 0.3 is 6.18 Å². The van der Waals surface area contributed by atoms with E-state index in [9.17, 15) is 18.0 Å². The Labute approximate surface area is 74.7 Å². The summed E-state index contributed by atoms with van der Waals surface area (Å²) in [5, 5.41) is 0. The van der Waals surface area contributed by atoms with Gasteiger partial charge in [0.15, 0.2) is 5.78 Å². The first-order chi connectivity index (χ1) is 5.82. The second-order valence-electron chi connectivity index (χ2n) is 3.67. The SMILES string of the molecule is CC(C)C(N1CC(=O)C1)C(F)(F)F. The van der Waals surface area contributed by atoms with E-state index in [2.05, 4.69) is 0 Å². The molecule has 76 valence electrons. The first-order valence-corrected chi connectivity index (χ1v) is 4.15. The highest BCUT2D eigenvalue weighted by molar-refractivity contribution is 5.87. The molecule has 0 aromatic rings. The molecule has 1 atom stereocenters. The lowest BCUT2D eigenvalue weighted by molar-refractivity contribution is -0.202. The van der Waals surface area contributed by atoms with Crippen molar-refractivity contribution >= 4 is 5.78 Å². The summed E-state index contributed by atoms with van der Waals surface area (Å²) in [5.41, 5.74) is 0. The van der Waals surface area contributed by atoms with Gasteiger partial charge in [-0.1, -0.05) is 13.8 Å². The van der Waals surface area contributed by atoms with E-state index in [1.165, 1.54) is 18.7 Å². The highest BCUT2D eigenvalue weighted by Gasteiger charge is 2.48. The number of carbonyl (C=O) groups excluding carboxylic acids is 1. The second-order valence-corrected chi connectivity index (χ2v) is 3.67. The van der Waals surface area contributed by atoms with Crippen molar-refractivity contribution in [2.75, 3.05) is 13.1 Å². The van der Waals surface area contributed by atoms with Gasteiger partial charge in [-0.05, 0) is 5.92 Å². The molecule has 0 bridgehead atoms. The average Bonchev–Trinajstić information content (AvgIpc) is 1.79. The number of ketones is 1. The Morgan fingerprint density at radius 1 is 1.31 bits per heavy atom. The second kappa shape index (κ2) is 3.29. The van der Waals surface area contributed by atoms with Crippen LogP contribution in [0.3, 0.4) is 0 Å². The van der Waals surface area contributed by atoms with Crippen LogP contribution in [0.15, 0.2) is 0 Å². The van der Waals surface area contributed by atoms with Gasteiger partial charge in [-0.3, -0.25) is 9.69 Å². The number of hydrogen-bond donors (Lipinski definition) is 0. The number of hydrogen-bond acceptors (Lipinski definition) is 2. The van der Waals surface area contributed by atoms with Gasteiger partial charge in [-0.15, -0.1) is 0 Å². The number of likely N-dealkylation sites (tertiary alicyclic amines) is 1. The fourth-order valence-corrected chi connectivity index (χ4v) is 1.61. The number of halogens is 3. The molecule has 0 N–H and O–H groups in total. The van der Waals surface area contributed by atoms with Crippen LogP contribution in [0.1, 0.15) is 13.8 Å². The van der Waals surface area contributed by atoms with E-state index >= 15 is 0 Å². The maximum absolute atomic E-state index is 12.4. The van der Waals surface area contributed by atoms with Gasteiger partial charge in [0.25, 0.3) is 0 Å². The van der Waals surface area contributed by atoms with Crippen LogP contribution in [0.5, 0.6) is 0 Å². The lowest BCUT2D eigenvalue weighted by atomic mass is 9.98. The molecule has 1 saturated heterocycles. The van der Waals surface area contributed by atoms with Crippen LogP contribution >= 0.6 is 0 Å². The third kappa shape index (κ3) is 2.21. The molecule has 1 aliphatic rings. The van der Waals surface area contributed by atoms with Gasteiger partial charge in [0, 0.05) is 0 Å². The highest BCUT2D eigenvalue weighted by Crippen LogP contribution is 2.31. The van der Waals surface area contributed by atoms with E-state index in [0.29, 0.717) is 0 Å². The molecule has 0 amide bonds. The van der Waals surface area contributed by atoms with Crippen molar-refractivity contribution < 1.29 is 18.0 Å². The molecule has 2 nitrogen and oxygen atoms in total. The molecular formula is C8H12F3NO. The first-order valence-electron chi connectivity index (χ1n) is 4.15. The van der Waals surface area contributed by atoms with Crippen LogP contribution in [0, 0.1) is 5.92 Å². The largest absolute Gasteiger partial charge is 0.404 e. The van der Waals surface area contributed by atoms with Crippen molar-refractivity contribution in [1.82, 2.24) is 4.90 Å². The summed E-state index contributed by atoms with van der Waals surface area (Å²) in [5.74, 6) is -0.622. The minimum absolute atomic E-state index is 0.0532. The minimum atomic E-state index is -4.23. The molecule has 1 fully saturated rings. The maximum Gasteiger partial charge on any atom is 0.404 e. The summed E-state index contributed by atoms with van der Waals surface area (Å²) in [6, 6.07) is -1.47. The molecule has 1 heterocycles. The molecule has 1 unspecified atom stereocenters. The maximum atomic E-state index is 12.4. The molecule has 0 aromatic carbocycles. The summed E-state index contributed by atoms with van der Waals surface area (Å²) in [6.45, 7) is 2.92. The van der Waals surface area contributed by atoms with Gasteiger partial charge < -0.3 is 0 Å². The number of Topliss-reactive ketones (excluding diaryl/α,β-unsaturated/α-hetero) is 1. The molecule has 0 radical (unpaired) electrons. The number of rotatable bonds is 2. The summed E-state index contributed by atoms with van der Waals surface area (Å²) < 4.78 is 37.2. The Morgan fingerprint density at radius 2 is 1.77 bits per heavy atom. The molecule has 0 saturated carbocycles. The monoisotopic (exact) mass is 195 g/mol. The molecule has 1 rings (SSSR count). The van der Waals surface area contributed by atoms with Crippen LogP contribution in [0.2, 0.25) is 0 Å². The fourth-order valence-electron chi connectivity index (χ4n) is 1.61. The predicted molar refractivity (Wildman–Crippen MR) is 41.3 cm³/mol. The zero-order valence-electron chi connectivity index (χ0n) is 7.56. The van der Waals surface area contributed by atoms with E-state index in [1.807, 2.05) is 0 Å². The van der Waals surface area contributed by atoms with Crippen LogP contribution < -0.4 is 0 Å². The topological polar surface area (TPSA) is 20.3 Å². The third-order valence-corrected chi connectivity index (χ3v) is 2.12. The van der Waals surface area contributed by atoms with E-state index in [0.717, 1.165) is 0 Å². The Balaban J connectivity index is 2.64. The standard InChI is InChI=1S/C8H12F3NO/c1-5(2)7(8(9,10)11)12-3-6(13)4-12/h5,7H,3-4H2,1-2H3. The average molecular weight is 195 g/mol. The van der Waals surface area contributed by atoms with Crippen molar-refractivity contribution in [3.8, 4) is 0 Å². The van der Waals surface area contributed by atoms with Gasteiger partial charge in [0.1, 0.15) is 6.04 Å². The summed E-state index contributed by atoms with van der Waals surface area (Å²) in [4.78, 5) is 11.7. The molecular weight excluding hydrogens is 183 g/mol. The van der Waals surface area contributed by atoms with Crippen LogP contribution in [0.4, 0.5) is 13.2 Å². The molecule has 5 heteroatoms. The summed E-state index contributed by atoms with van der Waals surface area (Å²) >= 11 is 0. The van der Waals surface area contributed by atoms with Crippen molar-refractivity contribution in [2.45, 2.75) is 26.1 Å². The van der Waals surface area contributed by atoms with Crippen LogP contribution in [-0.4, -0.2) is 36.0 Å². The Kier molecular flexibility index (Phi) is 2.66. The number of nitrogens with zero attached hydrogens (tertiary/aromatic N) is 1. The van der Waals surface area contributed by atoms with Crippen molar-refractivity contribution in [3.05, 3.63) is 0 Å². The molecule has 0 aliphatic carbocycles. The van der Waals surface area contributed by atoms with Crippen molar-refractivity contribution in [2.24, 2.45) is 5.92 Å². The smallest absolute Gasteiger partial charge is 0.297 e. The van der Waals surface area contributed by atoms with Crippen molar-refractivity contribution in [3.63, 3.8) is 0 Å².